The summed E-state index contributed by atoms with van der Waals surface area (Å²) in [7, 11) is -1.20. The first-order valence-corrected chi connectivity index (χ1v) is 8.85. The predicted molar refractivity (Wildman–Crippen MR) is 85.2 cm³/mol. The minimum Gasteiger partial charge on any atom is -0.318 e. The largest absolute Gasteiger partial charge is 0.318 e. The van der Waals surface area contributed by atoms with Gasteiger partial charge >= 0.3 is 0 Å². The first kappa shape index (κ1) is 15.5. The lowest BCUT2D eigenvalue weighted by Gasteiger charge is -2.06. The number of benzene rings is 1. The zero-order chi connectivity index (χ0) is 15.5. The highest BCUT2D eigenvalue weighted by atomic mass is 32.2. The molecule has 0 bridgehead atoms. The van der Waals surface area contributed by atoms with Crippen molar-refractivity contribution in [3.63, 3.8) is 0 Å². The molecule has 4 nitrogen and oxygen atoms in total. The SMILES string of the molecule is Cn1cccc(-c2cccc(CCCS(C)(=O)=O)c2)c1=O. The average molecular weight is 305 g/mol. The Morgan fingerprint density at radius 3 is 2.62 bits per heavy atom. The van der Waals surface area contributed by atoms with Crippen molar-refractivity contribution < 1.29 is 8.42 Å². The lowest BCUT2D eigenvalue weighted by atomic mass is 10.0. The minimum absolute atomic E-state index is 0.0363. The maximum absolute atomic E-state index is 12.1. The van der Waals surface area contributed by atoms with E-state index in [1.807, 2.05) is 30.3 Å². The Morgan fingerprint density at radius 1 is 1.14 bits per heavy atom. The van der Waals surface area contributed by atoms with Gasteiger partial charge in [-0.2, -0.15) is 0 Å². The van der Waals surface area contributed by atoms with Crippen LogP contribution in [0.2, 0.25) is 0 Å². The molecule has 0 aliphatic rings. The number of rotatable bonds is 5. The number of pyridine rings is 1. The molecule has 0 atom stereocenters. The van der Waals surface area contributed by atoms with Gasteiger partial charge in [0.2, 0.25) is 0 Å². The van der Waals surface area contributed by atoms with E-state index in [4.69, 9.17) is 0 Å². The highest BCUT2D eigenvalue weighted by molar-refractivity contribution is 7.90. The van der Waals surface area contributed by atoms with Crippen molar-refractivity contribution in [2.24, 2.45) is 7.05 Å². The standard InChI is InChI=1S/C16H19NO3S/c1-17-10-4-9-15(16(17)18)14-8-3-6-13(12-14)7-5-11-21(2,19)20/h3-4,6,8-10,12H,5,7,11H2,1-2H3. The minimum atomic E-state index is -2.92. The molecule has 0 radical (unpaired) electrons. The van der Waals surface area contributed by atoms with Crippen LogP contribution in [-0.4, -0.2) is 25.0 Å². The summed E-state index contributed by atoms with van der Waals surface area (Å²) >= 11 is 0. The van der Waals surface area contributed by atoms with Crippen LogP contribution in [0.15, 0.2) is 47.4 Å². The number of aromatic nitrogens is 1. The molecule has 0 N–H and O–H groups in total. The normalized spacial score (nSPS) is 11.5. The van der Waals surface area contributed by atoms with E-state index < -0.39 is 9.84 Å². The fourth-order valence-electron chi connectivity index (χ4n) is 2.25. The molecule has 1 heterocycles. The van der Waals surface area contributed by atoms with Crippen molar-refractivity contribution in [1.29, 1.82) is 0 Å². The van der Waals surface area contributed by atoms with Gasteiger partial charge in [0.25, 0.3) is 5.56 Å². The third-order valence-corrected chi connectivity index (χ3v) is 4.37. The quantitative estimate of drug-likeness (QED) is 0.849. The number of sulfone groups is 1. The summed E-state index contributed by atoms with van der Waals surface area (Å²) in [6.07, 6.45) is 4.25. The van der Waals surface area contributed by atoms with E-state index in [9.17, 15) is 13.2 Å². The maximum Gasteiger partial charge on any atom is 0.258 e. The lowest BCUT2D eigenvalue weighted by molar-refractivity contribution is 0.599. The molecule has 0 aliphatic heterocycles. The fourth-order valence-corrected chi connectivity index (χ4v) is 2.92. The molecule has 0 unspecified atom stereocenters. The predicted octanol–water partition coefficient (Wildman–Crippen LogP) is 2.03. The zero-order valence-corrected chi connectivity index (χ0v) is 13.1. The summed E-state index contributed by atoms with van der Waals surface area (Å²) in [4.78, 5) is 12.1. The molecule has 5 heteroatoms. The molecule has 0 fully saturated rings. The van der Waals surface area contributed by atoms with Crippen molar-refractivity contribution >= 4 is 9.84 Å². The van der Waals surface area contributed by atoms with Gasteiger partial charge in [-0.05, 0) is 36.1 Å². The average Bonchev–Trinajstić information content (AvgIpc) is 2.41. The molecule has 112 valence electrons. The van der Waals surface area contributed by atoms with Crippen molar-refractivity contribution in [2.45, 2.75) is 12.8 Å². The van der Waals surface area contributed by atoms with E-state index >= 15 is 0 Å². The van der Waals surface area contributed by atoms with Gasteiger partial charge in [-0.15, -0.1) is 0 Å². The number of aryl methyl sites for hydroxylation is 2. The first-order valence-electron chi connectivity index (χ1n) is 6.79. The van der Waals surface area contributed by atoms with Crippen LogP contribution < -0.4 is 5.56 Å². The van der Waals surface area contributed by atoms with Gasteiger partial charge in [0.1, 0.15) is 9.84 Å². The summed E-state index contributed by atoms with van der Waals surface area (Å²) in [5.74, 6) is 0.185. The third-order valence-electron chi connectivity index (χ3n) is 3.34. The van der Waals surface area contributed by atoms with Crippen molar-refractivity contribution in [3.8, 4) is 11.1 Å². The number of hydrogen-bond donors (Lipinski definition) is 0. The maximum atomic E-state index is 12.1. The molecule has 2 aromatic rings. The van der Waals surface area contributed by atoms with E-state index in [1.165, 1.54) is 6.26 Å². The highest BCUT2D eigenvalue weighted by Crippen LogP contribution is 2.17. The molecule has 0 amide bonds. The Hall–Kier alpha value is -1.88. The second-order valence-electron chi connectivity index (χ2n) is 5.27. The Balaban J connectivity index is 2.22. The first-order chi connectivity index (χ1) is 9.87. The van der Waals surface area contributed by atoms with E-state index in [1.54, 1.807) is 23.9 Å². The molecule has 0 spiro atoms. The Bertz CT molecular complexity index is 791. The Morgan fingerprint density at radius 2 is 1.90 bits per heavy atom. The zero-order valence-electron chi connectivity index (χ0n) is 12.2. The second kappa shape index (κ2) is 6.26. The number of nitrogens with zero attached hydrogens (tertiary/aromatic N) is 1. The van der Waals surface area contributed by atoms with Crippen LogP contribution in [0.3, 0.4) is 0 Å². The molecule has 1 aromatic carbocycles. The van der Waals surface area contributed by atoms with Crippen LogP contribution in [0.25, 0.3) is 11.1 Å². The van der Waals surface area contributed by atoms with Gasteiger partial charge in [-0.25, -0.2) is 8.42 Å². The van der Waals surface area contributed by atoms with Crippen LogP contribution in [0.1, 0.15) is 12.0 Å². The van der Waals surface area contributed by atoms with Gasteiger partial charge in [0.05, 0.1) is 5.75 Å². The lowest BCUT2D eigenvalue weighted by Crippen LogP contribution is -2.17. The smallest absolute Gasteiger partial charge is 0.258 e. The number of hydrogen-bond acceptors (Lipinski definition) is 3. The van der Waals surface area contributed by atoms with Gasteiger partial charge in [0, 0.05) is 25.1 Å². The molecule has 2 rings (SSSR count). The Labute approximate surface area is 125 Å². The summed E-state index contributed by atoms with van der Waals surface area (Å²) in [6, 6.07) is 11.4. The molecule has 0 saturated carbocycles. The molecular formula is C16H19NO3S. The summed E-state index contributed by atoms with van der Waals surface area (Å²) in [5, 5.41) is 0. The molecule has 1 aromatic heterocycles. The van der Waals surface area contributed by atoms with E-state index in [-0.39, 0.29) is 11.3 Å². The van der Waals surface area contributed by atoms with Crippen molar-refractivity contribution in [2.75, 3.05) is 12.0 Å². The van der Waals surface area contributed by atoms with Crippen LogP contribution in [-0.2, 0) is 23.3 Å². The molecular weight excluding hydrogens is 286 g/mol. The van der Waals surface area contributed by atoms with E-state index in [0.29, 0.717) is 18.4 Å². The molecule has 0 saturated heterocycles. The fraction of sp³-hybridized carbons (Fsp3) is 0.312. The van der Waals surface area contributed by atoms with E-state index in [2.05, 4.69) is 0 Å². The van der Waals surface area contributed by atoms with Crippen LogP contribution in [0.4, 0.5) is 0 Å². The Kier molecular flexibility index (Phi) is 4.63. The second-order valence-corrected chi connectivity index (χ2v) is 7.53. The monoisotopic (exact) mass is 305 g/mol. The van der Waals surface area contributed by atoms with Crippen molar-refractivity contribution in [3.05, 3.63) is 58.5 Å². The third kappa shape index (κ3) is 4.29. The topological polar surface area (TPSA) is 56.1 Å². The van der Waals surface area contributed by atoms with Crippen LogP contribution in [0.5, 0.6) is 0 Å². The van der Waals surface area contributed by atoms with Gasteiger partial charge in [0.15, 0.2) is 0 Å². The van der Waals surface area contributed by atoms with Crippen LogP contribution >= 0.6 is 0 Å². The summed E-state index contributed by atoms with van der Waals surface area (Å²) in [5.41, 5.74) is 2.53. The van der Waals surface area contributed by atoms with Gasteiger partial charge in [-0.1, -0.05) is 24.3 Å². The molecule has 21 heavy (non-hydrogen) atoms. The molecule has 0 aliphatic carbocycles. The van der Waals surface area contributed by atoms with Crippen molar-refractivity contribution in [1.82, 2.24) is 4.57 Å². The summed E-state index contributed by atoms with van der Waals surface area (Å²) in [6.45, 7) is 0. The van der Waals surface area contributed by atoms with Crippen LogP contribution in [0, 0.1) is 0 Å². The highest BCUT2D eigenvalue weighted by Gasteiger charge is 2.06. The summed E-state index contributed by atoms with van der Waals surface area (Å²) < 4.78 is 23.8. The van der Waals surface area contributed by atoms with E-state index in [0.717, 1.165) is 11.1 Å². The van der Waals surface area contributed by atoms with Gasteiger partial charge in [-0.3, -0.25) is 4.79 Å². The van der Waals surface area contributed by atoms with Gasteiger partial charge < -0.3 is 4.57 Å².